The van der Waals surface area contributed by atoms with Crippen LogP contribution in [-0.2, 0) is 9.53 Å². The van der Waals surface area contributed by atoms with E-state index in [-0.39, 0.29) is 29.7 Å². The second-order valence-corrected chi connectivity index (χ2v) is 6.02. The summed E-state index contributed by atoms with van der Waals surface area (Å²) in [6, 6.07) is 1.28. The van der Waals surface area contributed by atoms with Gasteiger partial charge in [0.2, 0.25) is 0 Å². The standard InChI is InChI=1S/C14H16ClFN2O2.ClH/c1-20-13(19)10-7-14(10)2-4-18(5-3-14)12-11(16)6-9(15)8-17-12;/h6,8,10H,2-5,7H2,1H3;1H. The van der Waals surface area contributed by atoms with Crippen LogP contribution in [0.4, 0.5) is 10.2 Å². The molecule has 2 heterocycles. The van der Waals surface area contributed by atoms with Crippen LogP contribution in [-0.4, -0.2) is 31.2 Å². The van der Waals surface area contributed by atoms with E-state index in [1.165, 1.54) is 19.4 Å². The first-order valence-corrected chi connectivity index (χ1v) is 7.07. The second-order valence-electron chi connectivity index (χ2n) is 5.59. The van der Waals surface area contributed by atoms with E-state index in [0.29, 0.717) is 23.9 Å². The minimum Gasteiger partial charge on any atom is -0.469 e. The summed E-state index contributed by atoms with van der Waals surface area (Å²) in [5.74, 6) is -0.139. The number of piperidine rings is 1. The van der Waals surface area contributed by atoms with Gasteiger partial charge < -0.3 is 9.64 Å². The zero-order chi connectivity index (χ0) is 14.3. The molecule has 2 aliphatic rings. The van der Waals surface area contributed by atoms with Crippen molar-refractivity contribution >= 4 is 35.8 Å². The van der Waals surface area contributed by atoms with Crippen LogP contribution in [0.2, 0.25) is 5.02 Å². The van der Waals surface area contributed by atoms with E-state index in [9.17, 15) is 9.18 Å². The Kier molecular flexibility index (Phi) is 4.63. The SMILES string of the molecule is COC(=O)C1CC12CCN(c1ncc(Cl)cc1F)CC2.Cl. The number of halogens is 3. The molecule has 1 unspecified atom stereocenters. The number of rotatable bonds is 2. The second kappa shape index (κ2) is 5.97. The van der Waals surface area contributed by atoms with Crippen molar-refractivity contribution in [1.82, 2.24) is 4.98 Å². The molecule has 0 N–H and O–H groups in total. The number of pyridine rings is 1. The molecule has 1 saturated heterocycles. The Bertz CT molecular complexity index is 548. The lowest BCUT2D eigenvalue weighted by molar-refractivity contribution is -0.143. The molecule has 1 aliphatic carbocycles. The van der Waals surface area contributed by atoms with Crippen molar-refractivity contribution in [2.75, 3.05) is 25.1 Å². The number of ether oxygens (including phenoxy) is 1. The van der Waals surface area contributed by atoms with Crippen molar-refractivity contribution in [3.63, 3.8) is 0 Å². The summed E-state index contributed by atoms with van der Waals surface area (Å²) >= 11 is 5.71. The zero-order valence-corrected chi connectivity index (χ0v) is 13.2. The molecule has 1 saturated carbocycles. The molecule has 1 aromatic heterocycles. The smallest absolute Gasteiger partial charge is 0.309 e. The Balaban J connectivity index is 0.00000161. The van der Waals surface area contributed by atoms with Gasteiger partial charge in [-0.05, 0) is 30.7 Å². The van der Waals surface area contributed by atoms with Crippen molar-refractivity contribution in [3.05, 3.63) is 23.1 Å². The number of methoxy groups -OCH3 is 1. The summed E-state index contributed by atoms with van der Waals surface area (Å²) < 4.78 is 18.6. The van der Waals surface area contributed by atoms with Crippen LogP contribution in [0.5, 0.6) is 0 Å². The number of anilines is 1. The van der Waals surface area contributed by atoms with E-state index in [1.54, 1.807) is 0 Å². The van der Waals surface area contributed by atoms with Crippen LogP contribution in [0.3, 0.4) is 0 Å². The lowest BCUT2D eigenvalue weighted by atomic mass is 9.91. The molecule has 0 amide bonds. The summed E-state index contributed by atoms with van der Waals surface area (Å²) in [4.78, 5) is 17.6. The highest BCUT2D eigenvalue weighted by atomic mass is 35.5. The fourth-order valence-corrected chi connectivity index (χ4v) is 3.32. The zero-order valence-electron chi connectivity index (χ0n) is 11.6. The number of hydrogen-bond acceptors (Lipinski definition) is 4. The quantitative estimate of drug-likeness (QED) is 0.779. The largest absolute Gasteiger partial charge is 0.469 e. The first-order valence-electron chi connectivity index (χ1n) is 6.69. The first-order chi connectivity index (χ1) is 9.55. The molecular weight excluding hydrogens is 318 g/mol. The predicted octanol–water partition coefficient (Wildman–Crippen LogP) is 3.08. The third kappa shape index (κ3) is 2.94. The van der Waals surface area contributed by atoms with Crippen molar-refractivity contribution in [3.8, 4) is 0 Å². The molecular formula is C14H17Cl2FN2O2. The van der Waals surface area contributed by atoms with Gasteiger partial charge in [-0.2, -0.15) is 0 Å². The van der Waals surface area contributed by atoms with Gasteiger partial charge in [0, 0.05) is 19.3 Å². The third-order valence-electron chi connectivity index (χ3n) is 4.52. The van der Waals surface area contributed by atoms with Gasteiger partial charge in [-0.3, -0.25) is 4.79 Å². The number of esters is 1. The maximum absolute atomic E-state index is 13.8. The molecule has 3 rings (SSSR count). The van der Waals surface area contributed by atoms with E-state index in [1.807, 2.05) is 4.90 Å². The summed E-state index contributed by atoms with van der Waals surface area (Å²) in [5.41, 5.74) is 0.0759. The van der Waals surface area contributed by atoms with Gasteiger partial charge in [0.1, 0.15) is 0 Å². The van der Waals surface area contributed by atoms with Gasteiger partial charge in [0.15, 0.2) is 11.6 Å². The van der Waals surface area contributed by atoms with Crippen LogP contribution in [0, 0.1) is 17.2 Å². The monoisotopic (exact) mass is 334 g/mol. The molecule has 116 valence electrons. The number of hydrogen-bond donors (Lipinski definition) is 0. The minimum atomic E-state index is -0.395. The Morgan fingerprint density at radius 2 is 2.19 bits per heavy atom. The summed E-state index contributed by atoms with van der Waals surface area (Å²) in [5, 5.41) is 0.299. The van der Waals surface area contributed by atoms with Crippen LogP contribution in [0.25, 0.3) is 0 Å². The Labute approximate surface area is 134 Å². The molecule has 7 heteroatoms. The van der Waals surface area contributed by atoms with Gasteiger partial charge in [0.05, 0.1) is 18.1 Å². The highest BCUT2D eigenvalue weighted by Crippen LogP contribution is 2.59. The normalized spacial score (nSPS) is 22.6. The molecule has 0 bridgehead atoms. The highest BCUT2D eigenvalue weighted by molar-refractivity contribution is 6.30. The van der Waals surface area contributed by atoms with Crippen LogP contribution >= 0.6 is 24.0 Å². The minimum absolute atomic E-state index is 0. The van der Waals surface area contributed by atoms with E-state index < -0.39 is 5.82 Å². The molecule has 0 aromatic carbocycles. The average Bonchev–Trinajstić information content (AvgIpc) is 3.13. The molecule has 1 spiro atoms. The Morgan fingerprint density at radius 3 is 2.76 bits per heavy atom. The molecule has 2 fully saturated rings. The topological polar surface area (TPSA) is 42.4 Å². The highest BCUT2D eigenvalue weighted by Gasteiger charge is 2.59. The van der Waals surface area contributed by atoms with Gasteiger partial charge >= 0.3 is 5.97 Å². The molecule has 0 radical (unpaired) electrons. The summed E-state index contributed by atoms with van der Waals surface area (Å²) in [7, 11) is 1.43. The maximum Gasteiger partial charge on any atom is 0.309 e. The van der Waals surface area contributed by atoms with Gasteiger partial charge in [0.25, 0.3) is 0 Å². The van der Waals surface area contributed by atoms with E-state index in [2.05, 4.69) is 4.98 Å². The van der Waals surface area contributed by atoms with Crippen LogP contribution < -0.4 is 4.90 Å². The van der Waals surface area contributed by atoms with E-state index >= 15 is 0 Å². The molecule has 21 heavy (non-hydrogen) atoms. The van der Waals surface area contributed by atoms with Crippen molar-refractivity contribution in [1.29, 1.82) is 0 Å². The number of carbonyl (C=O) groups excluding carboxylic acids is 1. The molecule has 1 atom stereocenters. The fourth-order valence-electron chi connectivity index (χ4n) is 3.18. The van der Waals surface area contributed by atoms with Gasteiger partial charge in [-0.25, -0.2) is 9.37 Å². The maximum atomic E-state index is 13.8. The Hall–Kier alpha value is -1.07. The summed E-state index contributed by atoms with van der Waals surface area (Å²) in [6.07, 6.45) is 4.09. The van der Waals surface area contributed by atoms with Crippen LogP contribution in [0.15, 0.2) is 12.3 Å². The molecule has 1 aromatic rings. The number of nitrogens with zero attached hydrogens (tertiary/aromatic N) is 2. The van der Waals surface area contributed by atoms with Crippen molar-refractivity contribution < 1.29 is 13.9 Å². The first kappa shape index (κ1) is 16.3. The number of aromatic nitrogens is 1. The van der Waals surface area contributed by atoms with Gasteiger partial charge in [-0.1, -0.05) is 11.6 Å². The fraction of sp³-hybridized carbons (Fsp3) is 0.571. The van der Waals surface area contributed by atoms with E-state index in [0.717, 1.165) is 19.3 Å². The van der Waals surface area contributed by atoms with Crippen LogP contribution in [0.1, 0.15) is 19.3 Å². The van der Waals surface area contributed by atoms with Crippen molar-refractivity contribution in [2.24, 2.45) is 11.3 Å². The lowest BCUT2D eigenvalue weighted by Gasteiger charge is -2.33. The van der Waals surface area contributed by atoms with Crippen molar-refractivity contribution in [2.45, 2.75) is 19.3 Å². The molecule has 1 aliphatic heterocycles. The average molecular weight is 335 g/mol. The van der Waals surface area contributed by atoms with E-state index in [4.69, 9.17) is 16.3 Å². The predicted molar refractivity (Wildman–Crippen MR) is 80.5 cm³/mol. The summed E-state index contributed by atoms with van der Waals surface area (Å²) in [6.45, 7) is 1.41. The lowest BCUT2D eigenvalue weighted by Crippen LogP contribution is -2.36. The number of carbonyl (C=O) groups is 1. The van der Waals surface area contributed by atoms with Gasteiger partial charge in [-0.15, -0.1) is 12.4 Å². The Morgan fingerprint density at radius 1 is 1.52 bits per heavy atom. The molecule has 4 nitrogen and oxygen atoms in total. The third-order valence-corrected chi connectivity index (χ3v) is 4.73.